The molecule has 212 valence electrons. The van der Waals surface area contributed by atoms with Gasteiger partial charge in [-0.05, 0) is 74.7 Å². The van der Waals surface area contributed by atoms with Gasteiger partial charge < -0.3 is 14.8 Å². The van der Waals surface area contributed by atoms with Gasteiger partial charge in [0.05, 0.1) is 17.2 Å². The van der Waals surface area contributed by atoms with E-state index in [4.69, 9.17) is 9.47 Å². The van der Waals surface area contributed by atoms with E-state index in [9.17, 15) is 32.0 Å². The van der Waals surface area contributed by atoms with Crippen LogP contribution in [0.15, 0.2) is 60.8 Å². The highest BCUT2D eigenvalue weighted by atomic mass is 19.4. The molecule has 2 aromatic carbocycles. The Kier molecular flexibility index (Phi) is 9.69. The molecule has 1 aromatic heterocycles. The minimum absolute atomic E-state index is 0.0783. The van der Waals surface area contributed by atoms with Gasteiger partial charge in [0.15, 0.2) is 5.60 Å². The van der Waals surface area contributed by atoms with Crippen molar-refractivity contribution in [3.8, 4) is 17.7 Å². The van der Waals surface area contributed by atoms with E-state index in [-0.39, 0.29) is 18.1 Å². The number of carbonyl (C=O) groups excluding carboxylic acids is 1. The first-order valence-corrected chi connectivity index (χ1v) is 12.3. The van der Waals surface area contributed by atoms with Crippen LogP contribution in [0.25, 0.3) is 0 Å². The van der Waals surface area contributed by atoms with Crippen LogP contribution in [0.3, 0.4) is 0 Å². The summed E-state index contributed by atoms with van der Waals surface area (Å²) in [5.41, 5.74) is -1.07. The van der Waals surface area contributed by atoms with Gasteiger partial charge in [0.2, 0.25) is 5.88 Å². The van der Waals surface area contributed by atoms with Crippen LogP contribution in [0.4, 0.5) is 22.0 Å². The van der Waals surface area contributed by atoms with Crippen molar-refractivity contribution in [3.05, 3.63) is 88.9 Å². The molecule has 0 radical (unpaired) electrons. The predicted octanol–water partition coefficient (Wildman–Crippen LogP) is 6.15. The molecule has 3 rings (SSSR count). The van der Waals surface area contributed by atoms with Crippen molar-refractivity contribution in [1.82, 2.24) is 10.3 Å². The number of halogens is 5. The molecule has 0 aliphatic heterocycles. The third-order valence-electron chi connectivity index (χ3n) is 6.13. The molecule has 6 nitrogen and oxygen atoms in total. The first kappa shape index (κ1) is 30.3. The minimum atomic E-state index is -4.56. The van der Waals surface area contributed by atoms with Gasteiger partial charge in [0, 0.05) is 24.2 Å². The largest absolute Gasteiger partial charge is 0.491 e. The Bertz CT molecular complexity index is 1340. The minimum Gasteiger partial charge on any atom is -0.491 e. The monoisotopic (exact) mass is 560 g/mol. The summed E-state index contributed by atoms with van der Waals surface area (Å²) in [7, 11) is 0. The number of benzene rings is 2. The van der Waals surface area contributed by atoms with Gasteiger partial charge in [-0.2, -0.15) is 18.4 Å². The maximum absolute atomic E-state index is 14.4. The number of nitrogens with one attached hydrogen (secondary N) is 1. The number of amides is 1. The summed E-state index contributed by atoms with van der Waals surface area (Å²) in [6.45, 7) is 3.89. The zero-order valence-corrected chi connectivity index (χ0v) is 22.1. The third kappa shape index (κ3) is 8.15. The summed E-state index contributed by atoms with van der Waals surface area (Å²) in [5, 5.41) is 12.2. The topological polar surface area (TPSA) is 84.2 Å². The molecule has 1 heterocycles. The Morgan fingerprint density at radius 1 is 1.10 bits per heavy atom. The van der Waals surface area contributed by atoms with Gasteiger partial charge in [-0.1, -0.05) is 12.1 Å². The second-order valence-electron chi connectivity index (χ2n) is 9.63. The number of rotatable bonds is 11. The molecule has 0 unspecified atom stereocenters. The third-order valence-corrected chi connectivity index (χ3v) is 6.13. The summed E-state index contributed by atoms with van der Waals surface area (Å²) in [6.07, 6.45) is -3.61. The van der Waals surface area contributed by atoms with Gasteiger partial charge >= 0.3 is 6.18 Å². The molecule has 0 aliphatic rings. The van der Waals surface area contributed by atoms with E-state index < -0.39 is 47.7 Å². The van der Waals surface area contributed by atoms with Crippen molar-refractivity contribution in [3.63, 3.8) is 0 Å². The van der Waals surface area contributed by atoms with Crippen molar-refractivity contribution in [2.24, 2.45) is 0 Å². The van der Waals surface area contributed by atoms with E-state index in [1.165, 1.54) is 19.9 Å². The summed E-state index contributed by atoms with van der Waals surface area (Å²) < 4.78 is 76.1. The van der Waals surface area contributed by atoms with Gasteiger partial charge in [0.25, 0.3) is 5.91 Å². The van der Waals surface area contributed by atoms with Gasteiger partial charge in [-0.25, -0.2) is 13.8 Å². The van der Waals surface area contributed by atoms with E-state index in [0.717, 1.165) is 23.8 Å². The van der Waals surface area contributed by atoms with Crippen molar-refractivity contribution in [2.45, 2.75) is 50.9 Å². The van der Waals surface area contributed by atoms with E-state index >= 15 is 0 Å². The van der Waals surface area contributed by atoms with Gasteiger partial charge in [-0.3, -0.25) is 4.79 Å². The van der Waals surface area contributed by atoms with Crippen LogP contribution in [-0.4, -0.2) is 35.8 Å². The Labute approximate surface area is 228 Å². The predicted molar refractivity (Wildman–Crippen MR) is 137 cm³/mol. The summed E-state index contributed by atoms with van der Waals surface area (Å²) in [4.78, 5) is 16.9. The van der Waals surface area contributed by atoms with Crippen LogP contribution in [0.2, 0.25) is 0 Å². The van der Waals surface area contributed by atoms with E-state index in [1.54, 1.807) is 37.3 Å². The average Bonchev–Trinajstić information content (AvgIpc) is 2.90. The molecular formula is C29H28F5N3O3. The molecule has 0 aliphatic carbocycles. The highest BCUT2D eigenvalue weighted by molar-refractivity contribution is 5.85. The Balaban J connectivity index is 1.81. The van der Waals surface area contributed by atoms with Crippen LogP contribution < -0.4 is 14.8 Å². The Morgan fingerprint density at radius 2 is 1.80 bits per heavy atom. The van der Waals surface area contributed by atoms with Crippen molar-refractivity contribution in [2.75, 3.05) is 13.3 Å². The molecular weight excluding hydrogens is 532 g/mol. The van der Waals surface area contributed by atoms with E-state index in [2.05, 4.69) is 10.3 Å². The number of hydrogen-bond acceptors (Lipinski definition) is 5. The quantitative estimate of drug-likeness (QED) is 0.285. The van der Waals surface area contributed by atoms with Crippen molar-refractivity contribution < 1.29 is 36.2 Å². The molecule has 0 saturated heterocycles. The van der Waals surface area contributed by atoms with E-state index in [0.29, 0.717) is 23.9 Å². The number of pyridine rings is 1. The zero-order chi connectivity index (χ0) is 29.5. The highest BCUT2D eigenvalue weighted by Gasteiger charge is 2.35. The molecule has 2 atom stereocenters. The number of aromatic nitrogens is 1. The number of ether oxygens (including phenoxy) is 2. The lowest BCUT2D eigenvalue weighted by molar-refractivity contribution is -0.138. The van der Waals surface area contributed by atoms with Crippen molar-refractivity contribution in [1.29, 1.82) is 5.26 Å². The molecule has 40 heavy (non-hydrogen) atoms. The number of hydrogen-bond donors (Lipinski definition) is 1. The summed E-state index contributed by atoms with van der Waals surface area (Å²) in [6, 6.07) is 14.0. The number of nitrogens with zero attached hydrogens (tertiary/aromatic N) is 2. The van der Waals surface area contributed by atoms with E-state index in [1.807, 2.05) is 6.07 Å². The summed E-state index contributed by atoms with van der Waals surface area (Å²) in [5.74, 6) is -1.38. The molecule has 0 spiro atoms. The first-order valence-electron chi connectivity index (χ1n) is 12.3. The van der Waals surface area contributed by atoms with Gasteiger partial charge in [0.1, 0.15) is 24.8 Å². The zero-order valence-electron chi connectivity index (χ0n) is 22.1. The van der Waals surface area contributed by atoms with Crippen LogP contribution >= 0.6 is 0 Å². The fourth-order valence-electron chi connectivity index (χ4n) is 4.00. The Hall–Kier alpha value is -4.20. The second kappa shape index (κ2) is 12.8. The second-order valence-corrected chi connectivity index (χ2v) is 9.63. The highest BCUT2D eigenvalue weighted by Crippen LogP contribution is 2.31. The lowest BCUT2D eigenvalue weighted by atomic mass is 9.85. The molecule has 0 bridgehead atoms. The fraction of sp³-hybridized carbons (Fsp3) is 0.345. The van der Waals surface area contributed by atoms with Gasteiger partial charge in [-0.15, -0.1) is 0 Å². The lowest BCUT2D eigenvalue weighted by Crippen LogP contribution is -2.51. The molecule has 11 heteroatoms. The first-order chi connectivity index (χ1) is 18.8. The fourth-order valence-corrected chi connectivity index (χ4v) is 4.00. The van der Waals surface area contributed by atoms with Crippen LogP contribution in [0.1, 0.15) is 48.9 Å². The molecule has 1 amide bonds. The maximum Gasteiger partial charge on any atom is 0.417 e. The van der Waals surface area contributed by atoms with Crippen LogP contribution in [0.5, 0.6) is 11.6 Å². The SMILES string of the molecule is C[C@H](NC(=O)C(C)(C)Oc1ccc(C(F)(F)F)cn1)[C@@H](Cc1ccc(OCC[18F])cc1)c1cc(F)cc(C#N)c1. The van der Waals surface area contributed by atoms with Crippen LogP contribution in [0, 0.1) is 17.1 Å². The van der Waals surface area contributed by atoms with Crippen LogP contribution in [-0.2, 0) is 17.4 Å². The molecule has 0 fully saturated rings. The Morgan fingerprint density at radius 3 is 2.38 bits per heavy atom. The number of alkyl halides is 4. The summed E-state index contributed by atoms with van der Waals surface area (Å²) >= 11 is 0. The molecule has 1 N–H and O–H groups in total. The normalized spacial score (nSPS) is 13.2. The number of nitriles is 1. The lowest BCUT2D eigenvalue weighted by Gasteiger charge is -2.31. The van der Waals surface area contributed by atoms with Crippen molar-refractivity contribution >= 4 is 5.91 Å². The molecule has 3 aromatic rings. The molecule has 0 saturated carbocycles. The standard InChI is InChI=1S/C29H28F5N3O3/c1-18(37-27(38)28(2,3)40-26-9-6-22(17-36-26)29(32,33)34)25(21-12-20(16-35)13-23(31)15-21)14-19-4-7-24(8-5-19)39-11-10-30/h4-9,12-13,15,17-18,25H,10-11,14H2,1-3H3,(H,37,38)/t18-,25+/m0/s1/i30-1. The maximum atomic E-state index is 14.4. The smallest absolute Gasteiger partial charge is 0.417 e. The number of carbonyl (C=O) groups is 1. The average molecular weight is 561 g/mol.